The van der Waals surface area contributed by atoms with Gasteiger partial charge in [0, 0.05) is 0 Å². The SMILES string of the molecule is Cc1c(C(=O)OCc2ccccc2)ccc(OCc2ccccc2)c1Br. The Morgan fingerprint density at radius 1 is 0.846 bits per heavy atom. The van der Waals surface area contributed by atoms with Gasteiger partial charge in [-0.05, 0) is 51.7 Å². The lowest BCUT2D eigenvalue weighted by molar-refractivity contribution is 0.0471. The van der Waals surface area contributed by atoms with E-state index in [1.807, 2.05) is 67.6 Å². The second kappa shape index (κ2) is 8.68. The van der Waals surface area contributed by atoms with Gasteiger partial charge in [-0.1, -0.05) is 60.7 Å². The number of halogens is 1. The van der Waals surface area contributed by atoms with Crippen LogP contribution in [-0.4, -0.2) is 5.97 Å². The van der Waals surface area contributed by atoms with Gasteiger partial charge in [0.15, 0.2) is 0 Å². The van der Waals surface area contributed by atoms with Gasteiger partial charge in [0.1, 0.15) is 19.0 Å². The highest BCUT2D eigenvalue weighted by molar-refractivity contribution is 9.10. The third-order valence-corrected chi connectivity index (χ3v) is 5.01. The topological polar surface area (TPSA) is 35.5 Å². The molecule has 0 aliphatic rings. The molecule has 0 bridgehead atoms. The van der Waals surface area contributed by atoms with Crippen LogP contribution in [0.5, 0.6) is 5.75 Å². The molecule has 0 N–H and O–H groups in total. The van der Waals surface area contributed by atoms with Crippen LogP contribution in [0.4, 0.5) is 0 Å². The molecule has 0 saturated carbocycles. The van der Waals surface area contributed by atoms with Crippen molar-refractivity contribution < 1.29 is 14.3 Å². The van der Waals surface area contributed by atoms with Crippen LogP contribution < -0.4 is 4.74 Å². The maximum Gasteiger partial charge on any atom is 0.338 e. The zero-order chi connectivity index (χ0) is 18.4. The second-order valence-corrected chi connectivity index (χ2v) is 6.68. The molecule has 3 aromatic rings. The Kier molecular flexibility index (Phi) is 6.08. The molecular formula is C22H19BrO3. The van der Waals surface area contributed by atoms with Crippen LogP contribution >= 0.6 is 15.9 Å². The maximum absolute atomic E-state index is 12.4. The molecule has 0 saturated heterocycles. The predicted octanol–water partition coefficient (Wildman–Crippen LogP) is 5.69. The van der Waals surface area contributed by atoms with Crippen molar-refractivity contribution >= 4 is 21.9 Å². The van der Waals surface area contributed by atoms with Crippen LogP contribution in [0, 0.1) is 6.92 Å². The van der Waals surface area contributed by atoms with E-state index in [2.05, 4.69) is 15.9 Å². The van der Waals surface area contributed by atoms with Gasteiger partial charge in [0.2, 0.25) is 0 Å². The third kappa shape index (κ3) is 4.52. The lowest BCUT2D eigenvalue weighted by Gasteiger charge is -2.13. The summed E-state index contributed by atoms with van der Waals surface area (Å²) in [5.74, 6) is 0.354. The van der Waals surface area contributed by atoms with Crippen LogP contribution in [0.3, 0.4) is 0 Å². The molecule has 0 fully saturated rings. The summed E-state index contributed by atoms with van der Waals surface area (Å²) in [5.41, 5.74) is 3.37. The van der Waals surface area contributed by atoms with Gasteiger partial charge in [-0.3, -0.25) is 0 Å². The summed E-state index contributed by atoms with van der Waals surface area (Å²) in [6.07, 6.45) is 0. The van der Waals surface area contributed by atoms with Crippen LogP contribution in [0.1, 0.15) is 27.0 Å². The molecule has 0 aliphatic heterocycles. The molecule has 0 unspecified atom stereocenters. The number of rotatable bonds is 6. The largest absolute Gasteiger partial charge is 0.488 e. The van der Waals surface area contributed by atoms with Crippen molar-refractivity contribution in [3.8, 4) is 5.75 Å². The monoisotopic (exact) mass is 410 g/mol. The van der Waals surface area contributed by atoms with Crippen molar-refractivity contribution in [2.75, 3.05) is 0 Å². The molecule has 3 rings (SSSR count). The zero-order valence-corrected chi connectivity index (χ0v) is 16.0. The van der Waals surface area contributed by atoms with E-state index in [4.69, 9.17) is 9.47 Å². The Balaban J connectivity index is 1.67. The van der Waals surface area contributed by atoms with Crippen LogP contribution in [-0.2, 0) is 18.0 Å². The molecular weight excluding hydrogens is 392 g/mol. The van der Waals surface area contributed by atoms with Crippen LogP contribution in [0.25, 0.3) is 0 Å². The Hall–Kier alpha value is -2.59. The number of hydrogen-bond acceptors (Lipinski definition) is 3. The quantitative estimate of drug-likeness (QED) is 0.489. The standard InChI is InChI=1S/C22H19BrO3/c1-16-19(22(24)26-15-18-10-6-3-7-11-18)12-13-20(21(16)23)25-14-17-8-4-2-5-9-17/h2-13H,14-15H2,1H3. The van der Waals surface area contributed by atoms with E-state index < -0.39 is 0 Å². The first-order chi connectivity index (χ1) is 12.6. The smallest absolute Gasteiger partial charge is 0.338 e. The van der Waals surface area contributed by atoms with Crippen molar-refractivity contribution in [3.63, 3.8) is 0 Å². The highest BCUT2D eigenvalue weighted by Gasteiger charge is 2.16. The minimum Gasteiger partial charge on any atom is -0.488 e. The summed E-state index contributed by atoms with van der Waals surface area (Å²) in [6.45, 7) is 2.60. The van der Waals surface area contributed by atoms with Gasteiger partial charge < -0.3 is 9.47 Å². The van der Waals surface area contributed by atoms with E-state index >= 15 is 0 Å². The van der Waals surface area contributed by atoms with E-state index in [0.717, 1.165) is 21.2 Å². The van der Waals surface area contributed by atoms with Crippen molar-refractivity contribution in [2.24, 2.45) is 0 Å². The predicted molar refractivity (Wildman–Crippen MR) is 105 cm³/mol. The van der Waals surface area contributed by atoms with E-state index in [9.17, 15) is 4.79 Å². The Bertz CT molecular complexity index is 877. The molecule has 26 heavy (non-hydrogen) atoms. The lowest BCUT2D eigenvalue weighted by Crippen LogP contribution is -2.08. The third-order valence-electron chi connectivity index (χ3n) is 4.02. The molecule has 4 heteroatoms. The minimum atomic E-state index is -0.346. The van der Waals surface area contributed by atoms with E-state index in [1.165, 1.54) is 0 Å². The van der Waals surface area contributed by atoms with E-state index in [-0.39, 0.29) is 12.6 Å². The molecule has 0 aliphatic carbocycles. The number of hydrogen-bond donors (Lipinski definition) is 0. The average molecular weight is 411 g/mol. The minimum absolute atomic E-state index is 0.253. The highest BCUT2D eigenvalue weighted by Crippen LogP contribution is 2.31. The van der Waals surface area contributed by atoms with Crippen molar-refractivity contribution in [1.29, 1.82) is 0 Å². The number of carbonyl (C=O) groups is 1. The number of benzene rings is 3. The first-order valence-electron chi connectivity index (χ1n) is 8.32. The summed E-state index contributed by atoms with van der Waals surface area (Å²) in [5, 5.41) is 0. The molecule has 0 aromatic heterocycles. The second-order valence-electron chi connectivity index (χ2n) is 5.89. The summed E-state index contributed by atoms with van der Waals surface area (Å²) in [7, 11) is 0. The number of ether oxygens (including phenoxy) is 2. The molecule has 3 aromatic carbocycles. The Morgan fingerprint density at radius 3 is 2.04 bits per heavy atom. The molecule has 132 valence electrons. The number of carbonyl (C=O) groups excluding carboxylic acids is 1. The Labute approximate surface area is 161 Å². The van der Waals surface area contributed by atoms with E-state index in [0.29, 0.717) is 17.9 Å². The zero-order valence-electron chi connectivity index (χ0n) is 14.4. The fourth-order valence-corrected chi connectivity index (χ4v) is 2.99. The number of esters is 1. The van der Waals surface area contributed by atoms with E-state index in [1.54, 1.807) is 12.1 Å². The maximum atomic E-state index is 12.4. The first-order valence-corrected chi connectivity index (χ1v) is 9.11. The van der Waals surface area contributed by atoms with Gasteiger partial charge >= 0.3 is 5.97 Å². The summed E-state index contributed by atoms with van der Waals surface area (Å²) in [6, 6.07) is 23.1. The van der Waals surface area contributed by atoms with Gasteiger partial charge in [0.25, 0.3) is 0 Å². The molecule has 0 amide bonds. The highest BCUT2D eigenvalue weighted by atomic mass is 79.9. The molecule has 0 radical (unpaired) electrons. The molecule has 0 atom stereocenters. The first kappa shape index (κ1) is 18.2. The summed E-state index contributed by atoms with van der Waals surface area (Å²) >= 11 is 3.54. The Morgan fingerprint density at radius 2 is 1.42 bits per heavy atom. The molecule has 0 spiro atoms. The lowest BCUT2D eigenvalue weighted by atomic mass is 10.1. The van der Waals surface area contributed by atoms with Crippen molar-refractivity contribution in [1.82, 2.24) is 0 Å². The summed E-state index contributed by atoms with van der Waals surface area (Å²) in [4.78, 5) is 12.4. The molecule has 0 heterocycles. The summed E-state index contributed by atoms with van der Waals surface area (Å²) < 4.78 is 12.1. The van der Waals surface area contributed by atoms with Crippen molar-refractivity contribution in [3.05, 3.63) is 99.5 Å². The van der Waals surface area contributed by atoms with Gasteiger partial charge in [0.05, 0.1) is 10.0 Å². The normalized spacial score (nSPS) is 10.4. The van der Waals surface area contributed by atoms with Crippen molar-refractivity contribution in [2.45, 2.75) is 20.1 Å². The molecule has 3 nitrogen and oxygen atoms in total. The van der Waals surface area contributed by atoms with Gasteiger partial charge in [-0.25, -0.2) is 4.79 Å². The average Bonchev–Trinajstić information content (AvgIpc) is 2.69. The fraction of sp³-hybridized carbons (Fsp3) is 0.136. The van der Waals surface area contributed by atoms with Crippen LogP contribution in [0.15, 0.2) is 77.3 Å². The fourth-order valence-electron chi connectivity index (χ4n) is 2.53. The van der Waals surface area contributed by atoms with Gasteiger partial charge in [-0.15, -0.1) is 0 Å². The van der Waals surface area contributed by atoms with Crippen LogP contribution in [0.2, 0.25) is 0 Å². The van der Waals surface area contributed by atoms with Gasteiger partial charge in [-0.2, -0.15) is 0 Å².